The highest BCUT2D eigenvalue weighted by molar-refractivity contribution is 7.98. The predicted octanol–water partition coefficient (Wildman–Crippen LogP) is 3.84. The molecule has 0 aliphatic carbocycles. The van der Waals surface area contributed by atoms with E-state index in [-0.39, 0.29) is 0 Å². The minimum absolute atomic E-state index is 0.292. The van der Waals surface area contributed by atoms with E-state index in [0.29, 0.717) is 6.04 Å². The molecule has 3 rings (SSSR count). The molecule has 0 bridgehead atoms. The van der Waals surface area contributed by atoms with Crippen molar-refractivity contribution in [3.8, 4) is 5.69 Å². The van der Waals surface area contributed by atoms with Gasteiger partial charge in [-0.25, -0.2) is 9.67 Å². The molecule has 1 heterocycles. The van der Waals surface area contributed by atoms with Crippen molar-refractivity contribution < 1.29 is 0 Å². The van der Waals surface area contributed by atoms with E-state index in [1.165, 1.54) is 16.0 Å². The summed E-state index contributed by atoms with van der Waals surface area (Å²) in [4.78, 5) is 5.27. The first-order valence-corrected chi connectivity index (χ1v) is 8.80. The van der Waals surface area contributed by atoms with Crippen LogP contribution in [-0.2, 0) is 6.54 Å². The van der Waals surface area contributed by atoms with Gasteiger partial charge in [0.05, 0.1) is 5.69 Å². The maximum atomic E-state index is 4.14. The average Bonchev–Trinajstić information content (AvgIpc) is 3.15. The van der Waals surface area contributed by atoms with Gasteiger partial charge in [-0.1, -0.05) is 24.3 Å². The van der Waals surface area contributed by atoms with E-state index in [0.717, 1.165) is 12.2 Å². The van der Waals surface area contributed by atoms with E-state index in [1.54, 1.807) is 29.1 Å². The quantitative estimate of drug-likeness (QED) is 0.700. The highest BCUT2D eigenvalue weighted by Gasteiger charge is 2.06. The minimum Gasteiger partial charge on any atom is -0.306 e. The fourth-order valence-corrected chi connectivity index (χ4v) is 2.80. The smallest absolute Gasteiger partial charge is 0.138 e. The molecule has 0 aliphatic heterocycles. The second-order valence-corrected chi connectivity index (χ2v) is 6.26. The van der Waals surface area contributed by atoms with Gasteiger partial charge in [-0.2, -0.15) is 5.10 Å². The summed E-state index contributed by atoms with van der Waals surface area (Å²) in [7, 11) is 0. The largest absolute Gasteiger partial charge is 0.306 e. The second kappa shape index (κ2) is 7.44. The molecule has 1 unspecified atom stereocenters. The van der Waals surface area contributed by atoms with Crippen LogP contribution < -0.4 is 5.32 Å². The Kier molecular flexibility index (Phi) is 5.10. The molecule has 0 aliphatic rings. The number of aromatic nitrogens is 3. The van der Waals surface area contributed by atoms with Crippen molar-refractivity contribution in [2.24, 2.45) is 0 Å². The molecule has 4 nitrogen and oxygen atoms in total. The third kappa shape index (κ3) is 4.00. The first-order valence-electron chi connectivity index (χ1n) is 7.57. The van der Waals surface area contributed by atoms with Crippen LogP contribution in [0.4, 0.5) is 0 Å². The monoisotopic (exact) mass is 324 g/mol. The van der Waals surface area contributed by atoms with E-state index < -0.39 is 0 Å². The van der Waals surface area contributed by atoms with E-state index >= 15 is 0 Å². The van der Waals surface area contributed by atoms with Crippen molar-refractivity contribution in [1.82, 2.24) is 20.1 Å². The molecule has 0 saturated carbocycles. The normalized spacial score (nSPS) is 12.3. The summed E-state index contributed by atoms with van der Waals surface area (Å²) in [6.07, 6.45) is 5.34. The number of thioether (sulfide) groups is 1. The fraction of sp³-hybridized carbons (Fsp3) is 0.222. The summed E-state index contributed by atoms with van der Waals surface area (Å²) in [6, 6.07) is 17.4. The molecule has 118 valence electrons. The molecule has 0 fully saturated rings. The summed E-state index contributed by atoms with van der Waals surface area (Å²) in [5.74, 6) is 0. The van der Waals surface area contributed by atoms with Crippen LogP contribution in [0.2, 0.25) is 0 Å². The lowest BCUT2D eigenvalue weighted by Gasteiger charge is -2.15. The number of hydrogen-bond acceptors (Lipinski definition) is 4. The minimum atomic E-state index is 0.292. The SMILES string of the molecule is CSc1ccc(CNC(C)c2ccc(-n3cncn3)cc2)cc1. The van der Waals surface area contributed by atoms with E-state index in [9.17, 15) is 0 Å². The molecule has 0 spiro atoms. The van der Waals surface area contributed by atoms with Gasteiger partial charge in [0.15, 0.2) is 0 Å². The summed E-state index contributed by atoms with van der Waals surface area (Å²) in [5, 5.41) is 7.70. The van der Waals surface area contributed by atoms with Crippen LogP contribution in [0.25, 0.3) is 5.69 Å². The Morgan fingerprint density at radius 1 is 1.09 bits per heavy atom. The summed E-state index contributed by atoms with van der Waals surface area (Å²) in [5.41, 5.74) is 3.58. The maximum absolute atomic E-state index is 4.14. The zero-order chi connectivity index (χ0) is 16.1. The Labute approximate surface area is 141 Å². The van der Waals surface area contributed by atoms with Crippen LogP contribution in [0, 0.1) is 0 Å². The Morgan fingerprint density at radius 3 is 2.43 bits per heavy atom. The molecular weight excluding hydrogens is 304 g/mol. The zero-order valence-electron chi connectivity index (χ0n) is 13.3. The molecule has 23 heavy (non-hydrogen) atoms. The second-order valence-electron chi connectivity index (χ2n) is 5.38. The highest BCUT2D eigenvalue weighted by atomic mass is 32.2. The van der Waals surface area contributed by atoms with Crippen molar-refractivity contribution in [2.45, 2.75) is 24.4 Å². The third-order valence-corrected chi connectivity index (χ3v) is 4.59. The van der Waals surface area contributed by atoms with Crippen LogP contribution >= 0.6 is 11.8 Å². The molecule has 0 radical (unpaired) electrons. The topological polar surface area (TPSA) is 42.7 Å². The average molecular weight is 324 g/mol. The number of benzene rings is 2. The standard InChI is InChI=1S/C18H20N4S/c1-14(20-11-15-3-9-18(23-2)10-4-15)16-5-7-17(8-6-16)22-13-19-12-21-22/h3-10,12-14,20H,11H2,1-2H3. The Balaban J connectivity index is 1.60. The first kappa shape index (κ1) is 15.8. The molecule has 1 N–H and O–H groups in total. The Bertz CT molecular complexity index is 721. The molecule has 5 heteroatoms. The maximum Gasteiger partial charge on any atom is 0.138 e. The lowest BCUT2D eigenvalue weighted by atomic mass is 10.1. The van der Waals surface area contributed by atoms with Crippen LogP contribution in [0.1, 0.15) is 24.1 Å². The van der Waals surface area contributed by atoms with Gasteiger partial charge in [-0.15, -0.1) is 11.8 Å². The van der Waals surface area contributed by atoms with Gasteiger partial charge in [0.25, 0.3) is 0 Å². The molecule has 1 aromatic heterocycles. The number of rotatable bonds is 6. The zero-order valence-corrected chi connectivity index (χ0v) is 14.1. The van der Waals surface area contributed by atoms with Gasteiger partial charge in [0, 0.05) is 17.5 Å². The van der Waals surface area contributed by atoms with Crippen molar-refractivity contribution in [2.75, 3.05) is 6.26 Å². The van der Waals surface area contributed by atoms with Crippen LogP contribution in [0.5, 0.6) is 0 Å². The van der Waals surface area contributed by atoms with Gasteiger partial charge >= 0.3 is 0 Å². The van der Waals surface area contributed by atoms with Crippen molar-refractivity contribution >= 4 is 11.8 Å². The third-order valence-electron chi connectivity index (χ3n) is 3.85. The molecule has 3 aromatic rings. The number of nitrogens with one attached hydrogen (secondary N) is 1. The summed E-state index contributed by atoms with van der Waals surface area (Å²) < 4.78 is 1.76. The molecule has 2 aromatic carbocycles. The summed E-state index contributed by atoms with van der Waals surface area (Å²) in [6.45, 7) is 3.04. The predicted molar refractivity (Wildman–Crippen MR) is 94.8 cm³/mol. The van der Waals surface area contributed by atoms with Crippen molar-refractivity contribution in [1.29, 1.82) is 0 Å². The van der Waals surface area contributed by atoms with Crippen LogP contribution in [0.3, 0.4) is 0 Å². The lowest BCUT2D eigenvalue weighted by Crippen LogP contribution is -2.18. The van der Waals surface area contributed by atoms with E-state index in [2.05, 4.69) is 77.1 Å². The molecular formula is C18H20N4S. The van der Waals surface area contributed by atoms with Crippen LogP contribution in [0.15, 0.2) is 66.1 Å². The highest BCUT2D eigenvalue weighted by Crippen LogP contribution is 2.17. The number of hydrogen-bond donors (Lipinski definition) is 1. The number of nitrogens with zero attached hydrogens (tertiary/aromatic N) is 3. The van der Waals surface area contributed by atoms with Crippen LogP contribution in [-0.4, -0.2) is 21.0 Å². The Morgan fingerprint density at radius 2 is 1.83 bits per heavy atom. The van der Waals surface area contributed by atoms with Gasteiger partial charge in [0.1, 0.15) is 12.7 Å². The van der Waals surface area contributed by atoms with Gasteiger partial charge in [0.2, 0.25) is 0 Å². The van der Waals surface area contributed by atoms with Crippen molar-refractivity contribution in [3.63, 3.8) is 0 Å². The van der Waals surface area contributed by atoms with Gasteiger partial charge in [-0.3, -0.25) is 0 Å². The van der Waals surface area contributed by atoms with E-state index in [1.807, 2.05) is 0 Å². The summed E-state index contributed by atoms with van der Waals surface area (Å²) >= 11 is 1.77. The molecule has 0 amide bonds. The van der Waals surface area contributed by atoms with Gasteiger partial charge < -0.3 is 5.32 Å². The van der Waals surface area contributed by atoms with E-state index in [4.69, 9.17) is 0 Å². The lowest BCUT2D eigenvalue weighted by molar-refractivity contribution is 0.574. The fourth-order valence-electron chi connectivity index (χ4n) is 2.39. The molecule has 0 saturated heterocycles. The van der Waals surface area contributed by atoms with Gasteiger partial charge in [-0.05, 0) is 48.6 Å². The Hall–Kier alpha value is -2.11. The first-order chi connectivity index (χ1) is 11.3. The molecule has 1 atom stereocenters. The van der Waals surface area contributed by atoms with Crippen molar-refractivity contribution in [3.05, 3.63) is 72.3 Å².